The van der Waals surface area contributed by atoms with Crippen LogP contribution in [0.2, 0.25) is 0 Å². The largest absolute Gasteiger partial charge is 0.472 e. The number of nitrogens with zero attached hydrogens (tertiary/aromatic N) is 4. The van der Waals surface area contributed by atoms with Gasteiger partial charge in [-0.25, -0.2) is 13.1 Å². The minimum Gasteiger partial charge on any atom is -0.472 e. The maximum Gasteiger partial charge on any atom is 0.268 e. The normalized spacial score (nSPS) is 24.7. The highest BCUT2D eigenvalue weighted by molar-refractivity contribution is 7.90. The van der Waals surface area contributed by atoms with Crippen molar-refractivity contribution in [2.75, 3.05) is 69.4 Å². The zero-order valence-corrected chi connectivity index (χ0v) is 41.8. The van der Waals surface area contributed by atoms with E-state index in [4.69, 9.17) is 23.9 Å². The van der Waals surface area contributed by atoms with Crippen LogP contribution >= 0.6 is 0 Å². The van der Waals surface area contributed by atoms with Crippen molar-refractivity contribution >= 4 is 44.0 Å². The number of ether oxygens (including phenoxy) is 4. The fraction of sp³-hybridized carbons (Fsp3) is 0.519. The van der Waals surface area contributed by atoms with Crippen molar-refractivity contribution in [3.8, 4) is 17.4 Å². The minimum atomic E-state index is -4.51. The molecule has 4 N–H and O–H groups in total. The maximum atomic E-state index is 14.3. The summed E-state index contributed by atoms with van der Waals surface area (Å²) in [6.45, 7) is 12.2. The Kier molecular flexibility index (Phi) is 14.1. The highest BCUT2D eigenvalue weighted by Gasteiger charge is 2.49. The van der Waals surface area contributed by atoms with Gasteiger partial charge in [0.15, 0.2) is 5.75 Å². The van der Waals surface area contributed by atoms with Crippen molar-refractivity contribution in [3.63, 3.8) is 0 Å². The summed E-state index contributed by atoms with van der Waals surface area (Å²) in [6, 6.07) is 22.4. The van der Waals surface area contributed by atoms with Gasteiger partial charge in [-0.15, -0.1) is 4.91 Å². The number of aliphatic hydroxyl groups is 1. The topological polar surface area (TPSA) is 197 Å². The quantitative estimate of drug-likeness (QED) is 0.0683. The number of amides is 1. The standard InChI is InChI=1S/C54H67N7O9S/c1-35(2)41-7-4-5-8-42(41)43-9-6-10-47(43)61-33-54(34-61)20-23-60(24-21-54)38-11-13-44(48(28-38)70-49-27-37-17-22-55-50(37)57-52(49)69-32-39-31-67-25-26-68-39)51(62)59-71(65,66)40-12-14-45(46(29-40)58-64)56-30-36-15-18-53(3,63)19-16-36/h4-5,7-8,11-14,17,22,27-29,35-36,39,43,47,56,63H,6,9-10,15-16,18-21,23-26,30-34H2,1-3H3,(H,55,57)(H,59,62)/t36-,39-,43-,47-,53-/m0/s1. The lowest BCUT2D eigenvalue weighted by molar-refractivity contribution is -0.102. The number of benzene rings is 3. The fourth-order valence-electron chi connectivity index (χ4n) is 11.6. The number of hydrogen-bond acceptors (Lipinski definition) is 14. The number of likely N-dealkylation sites (tertiary alicyclic amines) is 1. The van der Waals surface area contributed by atoms with Crippen molar-refractivity contribution in [1.29, 1.82) is 0 Å². The molecule has 17 heteroatoms. The summed E-state index contributed by atoms with van der Waals surface area (Å²) >= 11 is 0. The van der Waals surface area contributed by atoms with Gasteiger partial charge in [0, 0.05) is 62.1 Å². The lowest BCUT2D eigenvalue weighted by Gasteiger charge is -2.57. The van der Waals surface area contributed by atoms with Gasteiger partial charge in [0.25, 0.3) is 21.8 Å². The van der Waals surface area contributed by atoms with E-state index in [0.29, 0.717) is 68.4 Å². The molecule has 2 aliphatic carbocycles. The number of nitrogens with one attached hydrogen (secondary N) is 3. The number of nitroso groups, excluding NO2 is 1. The Morgan fingerprint density at radius 3 is 2.54 bits per heavy atom. The van der Waals surface area contributed by atoms with Crippen LogP contribution in [-0.4, -0.2) is 111 Å². The molecule has 10 rings (SSSR count). The van der Waals surface area contributed by atoms with E-state index in [1.807, 2.05) is 19.1 Å². The first-order chi connectivity index (χ1) is 34.2. The summed E-state index contributed by atoms with van der Waals surface area (Å²) in [6.07, 6.45) is 10.2. The van der Waals surface area contributed by atoms with E-state index in [2.05, 4.69) is 68.1 Å². The van der Waals surface area contributed by atoms with Gasteiger partial charge < -0.3 is 39.3 Å². The molecule has 3 aromatic carbocycles. The van der Waals surface area contributed by atoms with Gasteiger partial charge in [0.05, 0.1) is 41.6 Å². The molecule has 1 spiro atoms. The second-order valence-corrected chi connectivity index (χ2v) is 22.9. The fourth-order valence-corrected chi connectivity index (χ4v) is 12.6. The van der Waals surface area contributed by atoms with Crippen molar-refractivity contribution in [2.45, 2.75) is 113 Å². The van der Waals surface area contributed by atoms with Gasteiger partial charge >= 0.3 is 0 Å². The van der Waals surface area contributed by atoms with Crippen LogP contribution in [0.3, 0.4) is 0 Å². The van der Waals surface area contributed by atoms with Crippen molar-refractivity contribution < 1.29 is 37.3 Å². The first kappa shape index (κ1) is 49.0. The number of aromatic nitrogens is 2. The van der Waals surface area contributed by atoms with Gasteiger partial charge in [-0.3, -0.25) is 9.69 Å². The Balaban J connectivity index is 0.873. The molecule has 71 heavy (non-hydrogen) atoms. The molecule has 3 saturated heterocycles. The van der Waals surface area contributed by atoms with E-state index in [9.17, 15) is 23.2 Å². The number of carbonyl (C=O) groups excluding carboxylic acids is 1. The van der Waals surface area contributed by atoms with E-state index in [-0.39, 0.29) is 57.6 Å². The summed E-state index contributed by atoms with van der Waals surface area (Å²) in [4.78, 5) is 38.9. The predicted molar refractivity (Wildman–Crippen MR) is 273 cm³/mol. The van der Waals surface area contributed by atoms with Crippen LogP contribution in [0.15, 0.2) is 89.1 Å². The van der Waals surface area contributed by atoms with E-state index >= 15 is 0 Å². The number of rotatable bonds is 16. The van der Waals surface area contributed by atoms with Gasteiger partial charge in [0.1, 0.15) is 29.8 Å². The highest BCUT2D eigenvalue weighted by atomic mass is 32.2. The Hall–Kier alpha value is -5.59. The number of sulfonamides is 1. The number of pyridine rings is 1. The third kappa shape index (κ3) is 10.8. The van der Waals surface area contributed by atoms with Crippen LogP contribution in [0, 0.1) is 16.2 Å². The van der Waals surface area contributed by atoms with Crippen LogP contribution in [-0.2, 0) is 19.5 Å². The summed E-state index contributed by atoms with van der Waals surface area (Å²) in [5.74, 6) is 0.892. The maximum absolute atomic E-state index is 14.3. The lowest BCUT2D eigenvalue weighted by atomic mass is 9.70. The average Bonchev–Trinajstić information content (AvgIpc) is 4.05. The molecule has 5 heterocycles. The van der Waals surface area contributed by atoms with Gasteiger partial charge in [-0.1, -0.05) is 44.5 Å². The summed E-state index contributed by atoms with van der Waals surface area (Å²) < 4.78 is 54.4. The van der Waals surface area contributed by atoms with Crippen LogP contribution in [0.1, 0.15) is 112 Å². The molecule has 0 radical (unpaired) electrons. The zero-order valence-electron chi connectivity index (χ0n) is 41.0. The Morgan fingerprint density at radius 1 is 0.972 bits per heavy atom. The van der Waals surface area contributed by atoms with E-state index in [1.165, 1.54) is 42.5 Å². The third-order valence-electron chi connectivity index (χ3n) is 15.8. The molecule has 0 unspecified atom stereocenters. The van der Waals surface area contributed by atoms with Crippen LogP contribution in [0.5, 0.6) is 17.4 Å². The van der Waals surface area contributed by atoms with Crippen LogP contribution in [0.4, 0.5) is 17.1 Å². The van der Waals surface area contributed by atoms with Gasteiger partial charge in [-0.05, 0) is 140 Å². The molecule has 1 amide bonds. The molecule has 5 fully saturated rings. The minimum absolute atomic E-state index is 0.0341. The number of hydrogen-bond donors (Lipinski definition) is 4. The molecule has 5 aliphatic rings. The third-order valence-corrected chi connectivity index (χ3v) is 17.1. The summed E-state index contributed by atoms with van der Waals surface area (Å²) in [7, 11) is -4.51. The number of H-pyrrole nitrogens is 1. The van der Waals surface area contributed by atoms with Gasteiger partial charge in [0.2, 0.25) is 0 Å². The Morgan fingerprint density at radius 2 is 1.77 bits per heavy atom. The van der Waals surface area contributed by atoms with Crippen molar-refractivity contribution in [2.24, 2.45) is 16.5 Å². The molecule has 378 valence electrons. The molecular weight excluding hydrogens is 923 g/mol. The molecule has 2 aromatic heterocycles. The summed E-state index contributed by atoms with van der Waals surface area (Å²) in [5, 5.41) is 17.5. The zero-order chi connectivity index (χ0) is 49.3. The predicted octanol–water partition coefficient (Wildman–Crippen LogP) is 9.38. The second kappa shape index (κ2) is 20.5. The van der Waals surface area contributed by atoms with Crippen LogP contribution in [0.25, 0.3) is 11.0 Å². The smallest absolute Gasteiger partial charge is 0.268 e. The van der Waals surface area contributed by atoms with Crippen molar-refractivity contribution in [3.05, 3.63) is 101 Å². The number of fused-ring (bicyclic) bond motifs is 1. The van der Waals surface area contributed by atoms with E-state index < -0.39 is 21.5 Å². The number of aromatic amines is 1. The molecule has 5 aromatic rings. The first-order valence-electron chi connectivity index (χ1n) is 25.5. The molecule has 3 aliphatic heterocycles. The van der Waals surface area contributed by atoms with Gasteiger partial charge in [-0.2, -0.15) is 4.98 Å². The average molecular weight is 990 g/mol. The van der Waals surface area contributed by atoms with E-state index in [0.717, 1.165) is 69.0 Å². The molecule has 0 bridgehead atoms. The monoisotopic (exact) mass is 989 g/mol. The first-order valence-corrected chi connectivity index (χ1v) is 26.9. The molecule has 16 nitrogen and oxygen atoms in total. The number of anilines is 2. The number of carbonyl (C=O) groups is 1. The molecule has 3 atom stereocenters. The molecular formula is C54H67N7O9S. The van der Waals surface area contributed by atoms with Crippen molar-refractivity contribution in [1.82, 2.24) is 19.6 Å². The Bertz CT molecular complexity index is 2820. The molecule has 2 saturated carbocycles. The highest BCUT2D eigenvalue weighted by Crippen LogP contribution is 2.49. The summed E-state index contributed by atoms with van der Waals surface area (Å²) in [5.41, 5.74) is 4.22. The number of piperidine rings is 1. The van der Waals surface area contributed by atoms with E-state index in [1.54, 1.807) is 24.4 Å². The van der Waals surface area contributed by atoms with Crippen LogP contribution < -0.4 is 24.4 Å². The second-order valence-electron chi connectivity index (χ2n) is 21.2. The Labute approximate surface area is 416 Å². The SMILES string of the molecule is CC(C)c1ccccc1[C@@H]1CCC[C@@H]1N1CC2(CCN(c3ccc(C(=O)NS(=O)(=O)c4ccc(NC[C@H]5CC[C@](C)(O)CC5)c(N=O)c4)c(Oc4cc5cc[nH]c5nc4OC[C@@H]4COCCO4)c3)CC2)C1. The lowest BCUT2D eigenvalue weighted by Crippen LogP contribution is -2.63.